The summed E-state index contributed by atoms with van der Waals surface area (Å²) in [7, 11) is 0. The molecule has 1 saturated heterocycles. The van der Waals surface area contributed by atoms with Crippen molar-refractivity contribution in [2.75, 3.05) is 11.9 Å². The minimum Gasteiger partial charge on any atom is -0.344 e. The summed E-state index contributed by atoms with van der Waals surface area (Å²) in [6, 6.07) is 5.62. The van der Waals surface area contributed by atoms with E-state index in [1.54, 1.807) is 0 Å². The fourth-order valence-corrected chi connectivity index (χ4v) is 2.60. The Kier molecular flexibility index (Phi) is 3.21. The van der Waals surface area contributed by atoms with Crippen LogP contribution in [-0.2, 0) is 22.6 Å². The summed E-state index contributed by atoms with van der Waals surface area (Å²) >= 11 is 0. The summed E-state index contributed by atoms with van der Waals surface area (Å²) < 4.78 is 0. The van der Waals surface area contributed by atoms with Crippen molar-refractivity contribution in [2.24, 2.45) is 0 Å². The summed E-state index contributed by atoms with van der Waals surface area (Å²) in [6.07, 6.45) is 2.05. The molecule has 2 aliphatic rings. The van der Waals surface area contributed by atoms with Gasteiger partial charge in [0.15, 0.2) is 0 Å². The van der Waals surface area contributed by atoms with Crippen molar-refractivity contribution in [3.63, 3.8) is 0 Å². The topological polar surface area (TPSA) is 70.2 Å². The zero-order valence-electron chi connectivity index (χ0n) is 10.7. The van der Waals surface area contributed by atoms with Crippen molar-refractivity contribution in [3.05, 3.63) is 29.3 Å². The van der Waals surface area contributed by atoms with Crippen LogP contribution in [0, 0.1) is 0 Å². The Labute approximate surface area is 111 Å². The largest absolute Gasteiger partial charge is 0.344 e. The van der Waals surface area contributed by atoms with E-state index >= 15 is 0 Å². The zero-order chi connectivity index (χ0) is 13.2. The highest BCUT2D eigenvalue weighted by molar-refractivity contribution is 5.99. The van der Waals surface area contributed by atoms with Gasteiger partial charge < -0.3 is 16.0 Å². The molecule has 19 heavy (non-hydrogen) atoms. The summed E-state index contributed by atoms with van der Waals surface area (Å²) in [5.74, 6) is -0.177. The number of benzene rings is 1. The second-order valence-corrected chi connectivity index (χ2v) is 5.06. The number of hydrogen-bond acceptors (Lipinski definition) is 3. The van der Waals surface area contributed by atoms with Crippen LogP contribution in [0.25, 0.3) is 0 Å². The maximum atomic E-state index is 12.0. The molecule has 1 unspecified atom stereocenters. The van der Waals surface area contributed by atoms with E-state index in [9.17, 15) is 9.59 Å². The lowest BCUT2D eigenvalue weighted by Crippen LogP contribution is -2.37. The molecule has 2 heterocycles. The first-order valence-corrected chi connectivity index (χ1v) is 6.65. The molecule has 0 bridgehead atoms. The molecule has 1 fully saturated rings. The summed E-state index contributed by atoms with van der Waals surface area (Å²) in [5, 5.41) is 8.86. The molecule has 0 radical (unpaired) electrons. The van der Waals surface area contributed by atoms with Gasteiger partial charge in [0.25, 0.3) is 0 Å². The molecule has 3 rings (SSSR count). The molecule has 1 aromatic rings. The Bertz CT molecular complexity index is 527. The van der Waals surface area contributed by atoms with E-state index in [0.717, 1.165) is 25.2 Å². The Morgan fingerprint density at radius 1 is 1.26 bits per heavy atom. The third-order valence-corrected chi connectivity index (χ3v) is 3.67. The molecule has 3 N–H and O–H groups in total. The minimum absolute atomic E-state index is 0.0465. The standard InChI is InChI=1S/C14H17N3O2/c18-13-4-3-12(17-13)14(19)16-11-2-1-9-5-6-15-8-10(9)7-11/h1-2,7,12,15H,3-6,8H2,(H,16,19)(H,17,18). The SMILES string of the molecule is O=C1CCC(C(=O)Nc2ccc3c(c2)CNCC3)N1. The van der Waals surface area contributed by atoms with Crippen LogP contribution in [0.2, 0.25) is 0 Å². The number of carbonyl (C=O) groups is 2. The van der Waals surface area contributed by atoms with E-state index in [-0.39, 0.29) is 17.9 Å². The predicted molar refractivity (Wildman–Crippen MR) is 71.6 cm³/mol. The summed E-state index contributed by atoms with van der Waals surface area (Å²) in [5.41, 5.74) is 3.37. The van der Waals surface area contributed by atoms with E-state index in [0.29, 0.717) is 12.8 Å². The first-order chi connectivity index (χ1) is 9.22. The van der Waals surface area contributed by atoms with Gasteiger partial charge in [-0.1, -0.05) is 6.07 Å². The quantitative estimate of drug-likeness (QED) is 0.726. The number of anilines is 1. The van der Waals surface area contributed by atoms with Crippen LogP contribution in [0.15, 0.2) is 18.2 Å². The first kappa shape index (κ1) is 12.2. The van der Waals surface area contributed by atoms with Crippen LogP contribution >= 0.6 is 0 Å². The van der Waals surface area contributed by atoms with Crippen LogP contribution in [0.3, 0.4) is 0 Å². The number of rotatable bonds is 2. The molecule has 5 nitrogen and oxygen atoms in total. The number of carbonyl (C=O) groups excluding carboxylic acids is 2. The van der Waals surface area contributed by atoms with Gasteiger partial charge in [0.05, 0.1) is 0 Å². The Balaban J connectivity index is 1.69. The number of amides is 2. The van der Waals surface area contributed by atoms with Gasteiger partial charge in [0, 0.05) is 18.7 Å². The van der Waals surface area contributed by atoms with E-state index in [2.05, 4.69) is 22.0 Å². The van der Waals surface area contributed by atoms with Crippen molar-refractivity contribution >= 4 is 17.5 Å². The van der Waals surface area contributed by atoms with Gasteiger partial charge in [-0.3, -0.25) is 9.59 Å². The number of fused-ring (bicyclic) bond motifs is 1. The van der Waals surface area contributed by atoms with E-state index in [1.807, 2.05) is 12.1 Å². The monoisotopic (exact) mass is 259 g/mol. The van der Waals surface area contributed by atoms with Gasteiger partial charge in [-0.05, 0) is 42.6 Å². The fourth-order valence-electron chi connectivity index (χ4n) is 2.60. The highest BCUT2D eigenvalue weighted by Crippen LogP contribution is 2.19. The molecular weight excluding hydrogens is 242 g/mol. The van der Waals surface area contributed by atoms with E-state index < -0.39 is 0 Å². The van der Waals surface area contributed by atoms with Crippen LogP contribution in [0.5, 0.6) is 0 Å². The molecule has 2 amide bonds. The van der Waals surface area contributed by atoms with Gasteiger partial charge in [0.2, 0.25) is 11.8 Å². The highest BCUT2D eigenvalue weighted by atomic mass is 16.2. The molecule has 2 aliphatic heterocycles. The normalized spacial score (nSPS) is 21.7. The van der Waals surface area contributed by atoms with E-state index in [4.69, 9.17) is 0 Å². The molecule has 0 aliphatic carbocycles. The first-order valence-electron chi connectivity index (χ1n) is 6.65. The molecule has 0 saturated carbocycles. The highest BCUT2D eigenvalue weighted by Gasteiger charge is 2.27. The van der Waals surface area contributed by atoms with Crippen molar-refractivity contribution in [3.8, 4) is 0 Å². The molecular formula is C14H17N3O2. The van der Waals surface area contributed by atoms with Crippen molar-refractivity contribution in [1.82, 2.24) is 10.6 Å². The average Bonchev–Trinajstić information content (AvgIpc) is 2.85. The van der Waals surface area contributed by atoms with Crippen molar-refractivity contribution < 1.29 is 9.59 Å². The van der Waals surface area contributed by atoms with E-state index in [1.165, 1.54) is 11.1 Å². The molecule has 5 heteroatoms. The van der Waals surface area contributed by atoms with Gasteiger partial charge in [0.1, 0.15) is 6.04 Å². The number of hydrogen-bond donors (Lipinski definition) is 3. The average molecular weight is 259 g/mol. The summed E-state index contributed by atoms with van der Waals surface area (Å²) in [6.45, 7) is 1.85. The third kappa shape index (κ3) is 2.61. The smallest absolute Gasteiger partial charge is 0.246 e. The lowest BCUT2D eigenvalue weighted by molar-refractivity contribution is -0.122. The number of nitrogens with one attached hydrogen (secondary N) is 3. The van der Waals surface area contributed by atoms with Crippen molar-refractivity contribution in [1.29, 1.82) is 0 Å². The van der Waals surface area contributed by atoms with Gasteiger partial charge in [-0.25, -0.2) is 0 Å². The second kappa shape index (κ2) is 5.01. The second-order valence-electron chi connectivity index (χ2n) is 5.06. The lowest BCUT2D eigenvalue weighted by Gasteiger charge is -2.18. The molecule has 100 valence electrons. The fraction of sp³-hybridized carbons (Fsp3) is 0.429. The maximum Gasteiger partial charge on any atom is 0.246 e. The molecule has 0 aromatic heterocycles. The predicted octanol–water partition coefficient (Wildman–Crippen LogP) is 0.549. The Morgan fingerprint density at radius 2 is 2.16 bits per heavy atom. The molecule has 0 spiro atoms. The Morgan fingerprint density at radius 3 is 2.95 bits per heavy atom. The lowest BCUT2D eigenvalue weighted by atomic mass is 10.0. The van der Waals surface area contributed by atoms with Crippen LogP contribution in [0.1, 0.15) is 24.0 Å². The van der Waals surface area contributed by atoms with Gasteiger partial charge in [-0.2, -0.15) is 0 Å². The Hall–Kier alpha value is -1.88. The maximum absolute atomic E-state index is 12.0. The van der Waals surface area contributed by atoms with Crippen molar-refractivity contribution in [2.45, 2.75) is 31.8 Å². The third-order valence-electron chi connectivity index (χ3n) is 3.67. The van der Waals surface area contributed by atoms with Crippen LogP contribution < -0.4 is 16.0 Å². The van der Waals surface area contributed by atoms with Crippen LogP contribution in [-0.4, -0.2) is 24.4 Å². The zero-order valence-corrected chi connectivity index (χ0v) is 10.7. The molecule has 1 aromatic carbocycles. The van der Waals surface area contributed by atoms with Gasteiger partial charge >= 0.3 is 0 Å². The summed E-state index contributed by atoms with van der Waals surface area (Å²) in [4.78, 5) is 23.1. The van der Waals surface area contributed by atoms with Crippen LogP contribution in [0.4, 0.5) is 5.69 Å². The van der Waals surface area contributed by atoms with Gasteiger partial charge in [-0.15, -0.1) is 0 Å². The molecule has 1 atom stereocenters. The minimum atomic E-state index is -0.387.